The second-order valence-corrected chi connectivity index (χ2v) is 5.08. The molecule has 3 N–H and O–H groups in total. The van der Waals surface area contributed by atoms with E-state index < -0.39 is 12.0 Å². The lowest BCUT2D eigenvalue weighted by molar-refractivity contribution is -0.138. The van der Waals surface area contributed by atoms with E-state index in [0.29, 0.717) is 10.7 Å². The molecule has 0 aliphatic heterocycles. The van der Waals surface area contributed by atoms with Gasteiger partial charge in [-0.15, -0.1) is 0 Å². The lowest BCUT2D eigenvalue weighted by Crippen LogP contribution is -2.21. The summed E-state index contributed by atoms with van der Waals surface area (Å²) < 4.78 is 0. The molecule has 0 radical (unpaired) electrons. The van der Waals surface area contributed by atoms with E-state index in [1.165, 1.54) is 30.9 Å². The minimum absolute atomic E-state index is 0.0735. The van der Waals surface area contributed by atoms with E-state index in [9.17, 15) is 9.90 Å². The van der Waals surface area contributed by atoms with Crippen LogP contribution in [-0.4, -0.2) is 38.4 Å². The maximum absolute atomic E-state index is 11.2. The Morgan fingerprint density at radius 2 is 2.24 bits per heavy atom. The third kappa shape index (κ3) is 3.96. The number of phenols is 1. The SMILES string of the molecule is O=C(O)[C@@H](Cc1cnc[nH]1)N=Cc1cc(Cl)cc(Cl)c1O. The van der Waals surface area contributed by atoms with E-state index in [2.05, 4.69) is 15.0 Å². The van der Waals surface area contributed by atoms with E-state index in [0.717, 1.165) is 0 Å². The molecule has 0 aliphatic carbocycles. The van der Waals surface area contributed by atoms with Crippen LogP contribution in [0.4, 0.5) is 0 Å². The van der Waals surface area contributed by atoms with Crippen LogP contribution in [0.5, 0.6) is 5.75 Å². The van der Waals surface area contributed by atoms with E-state index in [4.69, 9.17) is 28.3 Å². The number of aliphatic carboxylic acids is 1. The van der Waals surface area contributed by atoms with Gasteiger partial charge in [-0.2, -0.15) is 0 Å². The van der Waals surface area contributed by atoms with Gasteiger partial charge in [0.25, 0.3) is 0 Å². The number of benzene rings is 1. The van der Waals surface area contributed by atoms with Crippen LogP contribution in [0.2, 0.25) is 10.0 Å². The summed E-state index contributed by atoms with van der Waals surface area (Å²) in [5, 5.41) is 19.3. The molecule has 0 fully saturated rings. The number of rotatable bonds is 5. The van der Waals surface area contributed by atoms with E-state index >= 15 is 0 Å². The summed E-state index contributed by atoms with van der Waals surface area (Å²) in [5.41, 5.74) is 0.899. The molecular weight excluding hydrogens is 317 g/mol. The molecule has 1 aromatic heterocycles. The Morgan fingerprint density at radius 3 is 2.86 bits per heavy atom. The molecule has 6 nitrogen and oxygen atoms in total. The van der Waals surface area contributed by atoms with E-state index in [1.54, 1.807) is 0 Å². The van der Waals surface area contributed by atoms with Gasteiger partial charge in [-0.1, -0.05) is 23.2 Å². The largest absolute Gasteiger partial charge is 0.506 e. The number of halogens is 2. The van der Waals surface area contributed by atoms with Crippen molar-refractivity contribution in [2.45, 2.75) is 12.5 Å². The summed E-state index contributed by atoms with van der Waals surface area (Å²) >= 11 is 11.6. The minimum Gasteiger partial charge on any atom is -0.506 e. The second kappa shape index (κ2) is 6.60. The lowest BCUT2D eigenvalue weighted by Gasteiger charge is -2.07. The second-order valence-electron chi connectivity index (χ2n) is 4.24. The molecule has 0 spiro atoms. The van der Waals surface area contributed by atoms with Crippen LogP contribution in [0.15, 0.2) is 29.6 Å². The molecule has 0 amide bonds. The van der Waals surface area contributed by atoms with Gasteiger partial charge in [-0.05, 0) is 12.1 Å². The average molecular weight is 328 g/mol. The zero-order chi connectivity index (χ0) is 15.4. The van der Waals surface area contributed by atoms with E-state index in [-0.39, 0.29) is 22.8 Å². The summed E-state index contributed by atoms with van der Waals surface area (Å²) in [4.78, 5) is 21.8. The molecule has 110 valence electrons. The van der Waals surface area contributed by atoms with Crippen molar-refractivity contribution >= 4 is 35.4 Å². The first-order chi connectivity index (χ1) is 9.97. The van der Waals surface area contributed by atoms with Crippen LogP contribution in [0.1, 0.15) is 11.3 Å². The highest BCUT2D eigenvalue weighted by atomic mass is 35.5. The molecule has 1 heterocycles. The van der Waals surface area contributed by atoms with Gasteiger partial charge in [0.1, 0.15) is 5.75 Å². The predicted molar refractivity (Wildman–Crippen MR) is 79.4 cm³/mol. The summed E-state index contributed by atoms with van der Waals surface area (Å²) in [6, 6.07) is 1.82. The topological polar surface area (TPSA) is 98.6 Å². The van der Waals surface area contributed by atoms with Crippen LogP contribution in [0.3, 0.4) is 0 Å². The highest BCUT2D eigenvalue weighted by molar-refractivity contribution is 6.36. The van der Waals surface area contributed by atoms with Gasteiger partial charge in [0.15, 0.2) is 6.04 Å². The summed E-state index contributed by atoms with van der Waals surface area (Å²) in [6.07, 6.45) is 4.38. The molecule has 0 unspecified atom stereocenters. The number of nitrogens with one attached hydrogen (secondary N) is 1. The number of aliphatic imine (C=N–C) groups is 1. The van der Waals surface area contributed by atoms with E-state index in [1.807, 2.05) is 0 Å². The van der Waals surface area contributed by atoms with Crippen molar-refractivity contribution in [3.63, 3.8) is 0 Å². The zero-order valence-electron chi connectivity index (χ0n) is 10.6. The molecule has 0 bridgehead atoms. The van der Waals surface area contributed by atoms with Gasteiger partial charge >= 0.3 is 5.97 Å². The molecule has 0 saturated heterocycles. The van der Waals surface area contributed by atoms with Crippen molar-refractivity contribution in [2.24, 2.45) is 4.99 Å². The third-order valence-corrected chi connectivity index (χ3v) is 3.21. The fourth-order valence-electron chi connectivity index (χ4n) is 1.66. The number of carboxylic acid groups (broad SMARTS) is 1. The molecule has 21 heavy (non-hydrogen) atoms. The van der Waals surface area contributed by atoms with Crippen molar-refractivity contribution in [1.29, 1.82) is 0 Å². The van der Waals surface area contributed by atoms with Gasteiger partial charge in [-0.3, -0.25) is 4.99 Å². The van der Waals surface area contributed by atoms with Crippen molar-refractivity contribution in [3.8, 4) is 5.75 Å². The fourth-order valence-corrected chi connectivity index (χ4v) is 2.17. The normalized spacial score (nSPS) is 12.7. The Kier molecular flexibility index (Phi) is 4.82. The molecule has 8 heteroatoms. The van der Waals surface area contributed by atoms with Crippen molar-refractivity contribution < 1.29 is 15.0 Å². The third-order valence-electron chi connectivity index (χ3n) is 2.70. The highest BCUT2D eigenvalue weighted by Gasteiger charge is 2.17. The minimum atomic E-state index is -1.09. The Morgan fingerprint density at radius 1 is 1.48 bits per heavy atom. The number of nitrogens with zero attached hydrogens (tertiary/aromatic N) is 2. The number of carboxylic acids is 1. The Labute approximate surface area is 130 Å². The number of aromatic hydroxyl groups is 1. The van der Waals surface area contributed by atoms with Crippen LogP contribution in [0.25, 0.3) is 0 Å². The van der Waals surface area contributed by atoms with Gasteiger partial charge in [0, 0.05) is 35.1 Å². The average Bonchev–Trinajstić information content (AvgIpc) is 2.92. The molecule has 0 saturated carbocycles. The number of phenolic OH excluding ortho intramolecular Hbond substituents is 1. The van der Waals surface area contributed by atoms with Gasteiger partial charge < -0.3 is 15.2 Å². The summed E-state index contributed by atoms with van der Waals surface area (Å²) in [6.45, 7) is 0. The maximum atomic E-state index is 11.2. The zero-order valence-corrected chi connectivity index (χ0v) is 12.1. The van der Waals surface area contributed by atoms with Crippen molar-refractivity contribution in [1.82, 2.24) is 9.97 Å². The number of aromatic amines is 1. The molecule has 2 aromatic rings. The number of hydrogen-bond donors (Lipinski definition) is 3. The first-order valence-electron chi connectivity index (χ1n) is 5.88. The molecule has 1 atom stereocenters. The van der Waals surface area contributed by atoms with Gasteiger partial charge in [0.2, 0.25) is 0 Å². The van der Waals surface area contributed by atoms with Crippen LogP contribution in [-0.2, 0) is 11.2 Å². The number of hydrogen-bond acceptors (Lipinski definition) is 4. The molecule has 1 aromatic carbocycles. The Balaban J connectivity index is 2.22. The molecule has 0 aliphatic rings. The van der Waals surface area contributed by atoms with Crippen LogP contribution >= 0.6 is 23.2 Å². The predicted octanol–water partition coefficient (Wildman–Crippen LogP) is 2.54. The van der Waals surface area contributed by atoms with Crippen LogP contribution in [0, 0.1) is 0 Å². The number of H-pyrrole nitrogens is 1. The number of aromatic nitrogens is 2. The number of imidazole rings is 1. The monoisotopic (exact) mass is 327 g/mol. The molecule has 2 rings (SSSR count). The standard InChI is InChI=1S/C13H11Cl2N3O3/c14-8-1-7(12(19)10(15)2-8)4-17-11(13(20)21)3-9-5-16-6-18-9/h1-2,4-6,11,19H,3H2,(H,16,18)(H,20,21)/t11-/m1/s1. The highest BCUT2D eigenvalue weighted by Crippen LogP contribution is 2.30. The van der Waals surface area contributed by atoms with Crippen molar-refractivity contribution in [3.05, 3.63) is 46.0 Å². The quantitative estimate of drug-likeness (QED) is 0.735. The van der Waals surface area contributed by atoms with Gasteiger partial charge in [-0.25, -0.2) is 9.78 Å². The summed E-state index contributed by atoms with van der Waals surface area (Å²) in [7, 11) is 0. The first-order valence-corrected chi connectivity index (χ1v) is 6.64. The Bertz CT molecular complexity index is 672. The molecular formula is C13H11Cl2N3O3. The lowest BCUT2D eigenvalue weighted by atomic mass is 10.1. The fraction of sp³-hybridized carbons (Fsp3) is 0.154. The smallest absolute Gasteiger partial charge is 0.328 e. The number of carbonyl (C=O) groups is 1. The van der Waals surface area contributed by atoms with Gasteiger partial charge in [0.05, 0.1) is 11.3 Å². The maximum Gasteiger partial charge on any atom is 0.328 e. The summed E-state index contributed by atoms with van der Waals surface area (Å²) in [5.74, 6) is -1.29. The first kappa shape index (κ1) is 15.3. The Hall–Kier alpha value is -2.05. The van der Waals surface area contributed by atoms with Crippen LogP contribution < -0.4 is 0 Å². The van der Waals surface area contributed by atoms with Crippen molar-refractivity contribution in [2.75, 3.05) is 0 Å².